The van der Waals surface area contributed by atoms with E-state index >= 15 is 0 Å². The Labute approximate surface area is 175 Å². The number of rotatable bonds is 5. The van der Waals surface area contributed by atoms with Crippen LogP contribution in [0.3, 0.4) is 0 Å². The highest BCUT2D eigenvalue weighted by atomic mass is 35.5. The molecule has 1 amide bonds. The highest BCUT2D eigenvalue weighted by Gasteiger charge is 2.38. The number of anilines is 1. The molecule has 0 fully saturated rings. The number of ether oxygens (including phenoxy) is 2. The first-order chi connectivity index (χ1) is 14.2. The highest BCUT2D eigenvalue weighted by molar-refractivity contribution is 6.30. The fourth-order valence-electron chi connectivity index (χ4n) is 2.76. The van der Waals surface area contributed by atoms with Crippen molar-refractivity contribution in [3.05, 3.63) is 70.5 Å². The van der Waals surface area contributed by atoms with Crippen LogP contribution >= 0.6 is 11.6 Å². The normalized spacial score (nSPS) is 11.3. The van der Waals surface area contributed by atoms with E-state index in [1.165, 1.54) is 37.4 Å². The molecule has 30 heavy (non-hydrogen) atoms. The maximum absolute atomic E-state index is 13.7. The summed E-state index contributed by atoms with van der Waals surface area (Å²) >= 11 is 5.81. The van der Waals surface area contributed by atoms with Gasteiger partial charge in [-0.05, 0) is 55.0 Å². The van der Waals surface area contributed by atoms with Gasteiger partial charge in [0, 0.05) is 16.3 Å². The van der Waals surface area contributed by atoms with Crippen molar-refractivity contribution >= 4 is 23.4 Å². The number of nitrogens with zero attached hydrogens (tertiary/aromatic N) is 2. The third kappa shape index (κ3) is 4.85. The van der Waals surface area contributed by atoms with E-state index in [0.29, 0.717) is 22.0 Å². The van der Waals surface area contributed by atoms with Crippen LogP contribution in [0.1, 0.15) is 16.8 Å². The molecule has 158 valence electrons. The first-order valence-corrected chi connectivity index (χ1v) is 9.05. The standard InChI is InChI=1S/C20H17ClF3N3O3/c1-12-9-16(7-8-17(12)26-19(28)29-2)30-11-13-10-25-27(18(13)20(22,23)24)15-5-3-14(21)4-6-15/h3-10H,11H2,1-2H3,(H,26,28). The van der Waals surface area contributed by atoms with Gasteiger partial charge in [-0.15, -0.1) is 0 Å². The molecule has 0 radical (unpaired) electrons. The predicted octanol–water partition coefficient (Wildman–Crippen LogP) is 5.61. The second-order valence-electron chi connectivity index (χ2n) is 6.29. The summed E-state index contributed by atoms with van der Waals surface area (Å²) in [4.78, 5) is 11.3. The van der Waals surface area contributed by atoms with Crippen LogP contribution in [0, 0.1) is 6.92 Å². The van der Waals surface area contributed by atoms with E-state index in [9.17, 15) is 18.0 Å². The molecule has 0 atom stereocenters. The second-order valence-corrected chi connectivity index (χ2v) is 6.72. The average molecular weight is 440 g/mol. The van der Waals surface area contributed by atoms with Crippen molar-refractivity contribution in [1.82, 2.24) is 9.78 Å². The summed E-state index contributed by atoms with van der Waals surface area (Å²) in [5.74, 6) is 0.343. The smallest absolute Gasteiger partial charge is 0.433 e. The molecule has 0 aliphatic carbocycles. The monoisotopic (exact) mass is 439 g/mol. The van der Waals surface area contributed by atoms with Gasteiger partial charge in [-0.1, -0.05) is 11.6 Å². The minimum absolute atomic E-state index is 0.119. The Morgan fingerprint density at radius 2 is 1.90 bits per heavy atom. The number of aryl methyl sites for hydroxylation is 1. The van der Waals surface area contributed by atoms with Gasteiger partial charge in [0.25, 0.3) is 0 Å². The lowest BCUT2D eigenvalue weighted by atomic mass is 10.2. The Hall–Kier alpha value is -3.20. The Kier molecular flexibility index (Phi) is 6.21. The number of nitrogens with one attached hydrogen (secondary N) is 1. The van der Waals surface area contributed by atoms with Crippen LogP contribution in [0.5, 0.6) is 5.75 Å². The molecule has 10 heteroatoms. The van der Waals surface area contributed by atoms with E-state index < -0.39 is 18.0 Å². The maximum Gasteiger partial charge on any atom is 0.433 e. The van der Waals surface area contributed by atoms with Gasteiger partial charge in [-0.2, -0.15) is 18.3 Å². The molecule has 0 saturated heterocycles. The van der Waals surface area contributed by atoms with E-state index in [2.05, 4.69) is 15.2 Å². The number of alkyl halides is 3. The van der Waals surface area contributed by atoms with Crippen LogP contribution in [-0.2, 0) is 17.5 Å². The van der Waals surface area contributed by atoms with Crippen molar-refractivity contribution in [2.75, 3.05) is 12.4 Å². The SMILES string of the molecule is COC(=O)Nc1ccc(OCc2cnn(-c3ccc(Cl)cc3)c2C(F)(F)F)cc1C. The first-order valence-electron chi connectivity index (χ1n) is 8.67. The fourth-order valence-corrected chi connectivity index (χ4v) is 2.88. The molecule has 3 rings (SSSR count). The molecule has 3 aromatic rings. The van der Waals surface area contributed by atoms with Gasteiger partial charge < -0.3 is 9.47 Å². The number of aromatic nitrogens is 2. The van der Waals surface area contributed by atoms with Crippen LogP contribution in [0.25, 0.3) is 5.69 Å². The molecule has 0 bridgehead atoms. The van der Waals surface area contributed by atoms with Gasteiger partial charge in [0.15, 0.2) is 5.69 Å². The summed E-state index contributed by atoms with van der Waals surface area (Å²) in [7, 11) is 1.24. The summed E-state index contributed by atoms with van der Waals surface area (Å²) < 4.78 is 52.0. The summed E-state index contributed by atoms with van der Waals surface area (Å²) in [6, 6.07) is 10.6. The van der Waals surface area contributed by atoms with E-state index in [0.717, 1.165) is 10.9 Å². The number of benzene rings is 2. The zero-order chi connectivity index (χ0) is 21.9. The first kappa shape index (κ1) is 21.5. The summed E-state index contributed by atoms with van der Waals surface area (Å²) in [5.41, 5.74) is 0.344. The minimum Gasteiger partial charge on any atom is -0.489 e. The molecule has 1 aromatic heterocycles. The Morgan fingerprint density at radius 1 is 1.20 bits per heavy atom. The van der Waals surface area contributed by atoms with Crippen molar-refractivity contribution in [3.63, 3.8) is 0 Å². The van der Waals surface area contributed by atoms with Crippen molar-refractivity contribution in [2.24, 2.45) is 0 Å². The zero-order valence-electron chi connectivity index (χ0n) is 16.0. The fraction of sp³-hybridized carbons (Fsp3) is 0.200. The van der Waals surface area contributed by atoms with Crippen molar-refractivity contribution in [1.29, 1.82) is 0 Å². The van der Waals surface area contributed by atoms with Crippen LogP contribution in [0.4, 0.5) is 23.7 Å². The number of halogens is 4. The lowest BCUT2D eigenvalue weighted by Crippen LogP contribution is -2.16. The average Bonchev–Trinajstić information content (AvgIpc) is 3.13. The second kappa shape index (κ2) is 8.66. The summed E-state index contributed by atoms with van der Waals surface area (Å²) in [6.45, 7) is 1.38. The van der Waals surface area contributed by atoms with Crippen LogP contribution in [0.2, 0.25) is 5.02 Å². The van der Waals surface area contributed by atoms with Gasteiger partial charge in [0.2, 0.25) is 0 Å². The van der Waals surface area contributed by atoms with Crippen molar-refractivity contribution in [2.45, 2.75) is 19.7 Å². The van der Waals surface area contributed by atoms with E-state index in [4.69, 9.17) is 16.3 Å². The Morgan fingerprint density at radius 3 is 2.50 bits per heavy atom. The largest absolute Gasteiger partial charge is 0.489 e. The maximum atomic E-state index is 13.7. The van der Waals surface area contributed by atoms with Crippen LogP contribution < -0.4 is 10.1 Å². The molecule has 2 aromatic carbocycles. The minimum atomic E-state index is -4.64. The van der Waals surface area contributed by atoms with Crippen molar-refractivity contribution in [3.8, 4) is 11.4 Å². The molecule has 0 spiro atoms. The number of amides is 1. The quantitative estimate of drug-likeness (QED) is 0.561. The highest BCUT2D eigenvalue weighted by Crippen LogP contribution is 2.34. The lowest BCUT2D eigenvalue weighted by molar-refractivity contribution is -0.143. The van der Waals surface area contributed by atoms with Gasteiger partial charge in [0.05, 0.1) is 19.0 Å². The lowest BCUT2D eigenvalue weighted by Gasteiger charge is -2.14. The molecule has 6 nitrogen and oxygen atoms in total. The number of carbonyl (C=O) groups excluding carboxylic acids is 1. The van der Waals surface area contributed by atoms with Crippen LogP contribution in [-0.4, -0.2) is 23.0 Å². The number of carbonyl (C=O) groups is 1. The van der Waals surface area contributed by atoms with Gasteiger partial charge in [0.1, 0.15) is 12.4 Å². The van der Waals surface area contributed by atoms with Crippen LogP contribution in [0.15, 0.2) is 48.7 Å². The third-order valence-electron chi connectivity index (χ3n) is 4.20. The number of hydrogen-bond acceptors (Lipinski definition) is 4. The molecule has 0 aliphatic heterocycles. The van der Waals surface area contributed by atoms with E-state index in [-0.39, 0.29) is 17.9 Å². The molecule has 1 N–H and O–H groups in total. The Bertz CT molecular complexity index is 1050. The van der Waals surface area contributed by atoms with E-state index in [1.54, 1.807) is 19.1 Å². The third-order valence-corrected chi connectivity index (χ3v) is 4.45. The topological polar surface area (TPSA) is 65.4 Å². The predicted molar refractivity (Wildman–Crippen MR) is 105 cm³/mol. The van der Waals surface area contributed by atoms with Gasteiger partial charge in [-0.3, -0.25) is 5.32 Å². The number of methoxy groups -OCH3 is 1. The molecule has 0 unspecified atom stereocenters. The number of hydrogen-bond donors (Lipinski definition) is 1. The van der Waals surface area contributed by atoms with Crippen molar-refractivity contribution < 1.29 is 27.4 Å². The van der Waals surface area contributed by atoms with E-state index in [1.807, 2.05) is 0 Å². The molecule has 0 aliphatic rings. The molecular formula is C20H17ClF3N3O3. The molecule has 1 heterocycles. The molecular weight excluding hydrogens is 423 g/mol. The van der Waals surface area contributed by atoms with Gasteiger partial charge in [-0.25, -0.2) is 9.48 Å². The summed E-state index contributed by atoms with van der Waals surface area (Å²) in [6.07, 6.45) is -4.15. The Balaban J connectivity index is 1.83. The summed E-state index contributed by atoms with van der Waals surface area (Å²) in [5, 5.41) is 6.81. The zero-order valence-corrected chi connectivity index (χ0v) is 16.7. The molecule has 0 saturated carbocycles. The van der Waals surface area contributed by atoms with Gasteiger partial charge >= 0.3 is 12.3 Å².